The molecule has 2 aromatic carbocycles. The van der Waals surface area contributed by atoms with Gasteiger partial charge in [-0.1, -0.05) is 0 Å². The normalized spacial score (nSPS) is 23.9. The topological polar surface area (TPSA) is 189 Å². The Labute approximate surface area is 176 Å². The lowest BCUT2D eigenvalue weighted by Gasteiger charge is -2.35. The Morgan fingerprint density at radius 3 is 2.25 bits per heavy atom. The summed E-state index contributed by atoms with van der Waals surface area (Å²) in [5, 5.41) is 50.2. The second-order valence-corrected chi connectivity index (χ2v) is 7.30. The number of rotatable bonds is 3. The SMILES string of the molecule is COc1c(O)cc2c(=O)oc3c(O)c(O[C@@H]4OC[C@@H](O)[C@@H](O)[C@@H]4O)cc4c(=O)oc1c2c34. The molecule has 0 spiro atoms. The zero-order valence-electron chi connectivity index (χ0n) is 16.3. The molecular weight excluding hydrogens is 432 g/mol. The quantitative estimate of drug-likeness (QED) is 0.204. The molecule has 12 heteroatoms. The van der Waals surface area contributed by atoms with E-state index in [1.165, 1.54) is 7.11 Å². The fraction of sp³-hybridized carbons (Fsp3) is 0.300. The number of phenols is 2. The molecule has 0 radical (unpaired) electrons. The molecule has 1 aliphatic rings. The van der Waals surface area contributed by atoms with Crippen molar-refractivity contribution < 1.29 is 48.6 Å². The van der Waals surface area contributed by atoms with Crippen molar-refractivity contribution in [1.29, 1.82) is 0 Å². The van der Waals surface area contributed by atoms with Crippen molar-refractivity contribution in [2.24, 2.45) is 0 Å². The molecule has 3 heterocycles. The molecule has 0 aliphatic carbocycles. The van der Waals surface area contributed by atoms with E-state index in [4.69, 9.17) is 23.0 Å². The molecule has 4 aromatic rings. The Hall–Kier alpha value is -3.58. The van der Waals surface area contributed by atoms with E-state index in [1.807, 2.05) is 0 Å². The highest BCUT2D eigenvalue weighted by molar-refractivity contribution is 6.22. The van der Waals surface area contributed by atoms with Crippen LogP contribution in [0.4, 0.5) is 0 Å². The highest BCUT2D eigenvalue weighted by atomic mass is 16.7. The molecule has 0 saturated carbocycles. The summed E-state index contributed by atoms with van der Waals surface area (Å²) in [6.07, 6.45) is -6.12. The van der Waals surface area contributed by atoms with Crippen LogP contribution in [-0.2, 0) is 4.74 Å². The Morgan fingerprint density at radius 2 is 1.56 bits per heavy atom. The van der Waals surface area contributed by atoms with Crippen LogP contribution in [0.15, 0.2) is 30.6 Å². The zero-order valence-corrected chi connectivity index (χ0v) is 16.3. The van der Waals surface area contributed by atoms with Crippen molar-refractivity contribution in [3.05, 3.63) is 33.0 Å². The first-order valence-electron chi connectivity index (χ1n) is 9.34. The van der Waals surface area contributed by atoms with Gasteiger partial charge in [0.2, 0.25) is 17.8 Å². The number of phenolic OH excluding ortho intramolecular Hbond substituents is 2. The molecule has 1 aliphatic heterocycles. The maximum absolute atomic E-state index is 12.7. The largest absolute Gasteiger partial charge is 0.504 e. The summed E-state index contributed by atoms with van der Waals surface area (Å²) in [7, 11) is 1.23. The van der Waals surface area contributed by atoms with E-state index in [2.05, 4.69) is 0 Å². The number of methoxy groups -OCH3 is 1. The van der Waals surface area contributed by atoms with Gasteiger partial charge in [0, 0.05) is 10.8 Å². The smallest absolute Gasteiger partial charge is 0.344 e. The second kappa shape index (κ2) is 6.97. The molecule has 5 N–H and O–H groups in total. The van der Waals surface area contributed by atoms with E-state index in [9.17, 15) is 35.1 Å². The Bertz CT molecular complexity index is 1470. The van der Waals surface area contributed by atoms with Gasteiger partial charge in [0.25, 0.3) is 0 Å². The van der Waals surface area contributed by atoms with Gasteiger partial charge in [-0.2, -0.15) is 0 Å². The molecule has 32 heavy (non-hydrogen) atoms. The average Bonchev–Trinajstić information content (AvgIpc) is 2.76. The lowest BCUT2D eigenvalue weighted by Crippen LogP contribution is -2.54. The Balaban J connectivity index is 1.78. The summed E-state index contributed by atoms with van der Waals surface area (Å²) in [5.41, 5.74) is -2.50. The van der Waals surface area contributed by atoms with E-state index in [0.717, 1.165) is 12.1 Å². The minimum atomic E-state index is -1.68. The van der Waals surface area contributed by atoms with Gasteiger partial charge in [-0.05, 0) is 12.1 Å². The summed E-state index contributed by atoms with van der Waals surface area (Å²) < 4.78 is 26.2. The number of hydrogen-bond donors (Lipinski definition) is 5. The number of aromatic hydroxyl groups is 2. The second-order valence-electron chi connectivity index (χ2n) is 7.30. The van der Waals surface area contributed by atoms with Crippen LogP contribution in [0.5, 0.6) is 23.0 Å². The summed E-state index contributed by atoms with van der Waals surface area (Å²) in [5.74, 6) is -1.73. The standard InChI is InChI=1S/C20H16O12/c1-28-15-7(21)2-5-11-10-6(19(27)32-17(11)15)3-9(13(24)16(10)31-18(5)26)30-20-14(25)12(23)8(22)4-29-20/h2-3,8,12,14,20-25H,4H2,1H3/t8-,12-,14+,20+/m1/s1. The third kappa shape index (κ3) is 2.71. The minimum absolute atomic E-state index is 0.0227. The van der Waals surface area contributed by atoms with Crippen molar-refractivity contribution in [2.75, 3.05) is 13.7 Å². The molecule has 0 bridgehead atoms. The molecule has 1 saturated heterocycles. The summed E-state index contributed by atoms with van der Waals surface area (Å²) >= 11 is 0. The van der Waals surface area contributed by atoms with Crippen molar-refractivity contribution >= 4 is 32.7 Å². The van der Waals surface area contributed by atoms with E-state index >= 15 is 0 Å². The number of ether oxygens (including phenoxy) is 3. The van der Waals surface area contributed by atoms with E-state index in [0.29, 0.717) is 0 Å². The van der Waals surface area contributed by atoms with Crippen molar-refractivity contribution in [1.82, 2.24) is 0 Å². The Morgan fingerprint density at radius 1 is 0.938 bits per heavy atom. The summed E-state index contributed by atoms with van der Waals surface area (Å²) in [6, 6.07) is 2.18. The summed E-state index contributed by atoms with van der Waals surface area (Å²) in [4.78, 5) is 25.3. The van der Waals surface area contributed by atoms with Gasteiger partial charge in [-0.25, -0.2) is 9.59 Å². The molecule has 12 nitrogen and oxygen atoms in total. The number of benzene rings is 2. The third-order valence-corrected chi connectivity index (χ3v) is 5.42. The zero-order chi connectivity index (χ0) is 22.9. The van der Waals surface area contributed by atoms with Gasteiger partial charge in [-0.15, -0.1) is 0 Å². The highest BCUT2D eigenvalue weighted by Crippen LogP contribution is 2.45. The fourth-order valence-corrected chi connectivity index (χ4v) is 3.86. The molecule has 5 rings (SSSR count). The predicted octanol–water partition coefficient (Wildman–Crippen LogP) is -0.272. The molecule has 1 fully saturated rings. The van der Waals surface area contributed by atoms with Gasteiger partial charge in [0.15, 0.2) is 22.7 Å². The van der Waals surface area contributed by atoms with Crippen LogP contribution < -0.4 is 20.7 Å². The van der Waals surface area contributed by atoms with Gasteiger partial charge in [0.05, 0.1) is 24.5 Å². The first-order valence-corrected chi connectivity index (χ1v) is 9.34. The van der Waals surface area contributed by atoms with E-state index in [1.54, 1.807) is 0 Å². The molecular formula is C20H16O12. The van der Waals surface area contributed by atoms with Crippen molar-refractivity contribution in [3.63, 3.8) is 0 Å². The summed E-state index contributed by atoms with van der Waals surface area (Å²) in [6.45, 7) is -0.363. The van der Waals surface area contributed by atoms with Crippen LogP contribution in [0.25, 0.3) is 32.7 Å². The molecule has 0 amide bonds. The third-order valence-electron chi connectivity index (χ3n) is 5.42. The van der Waals surface area contributed by atoms with Gasteiger partial charge < -0.3 is 48.6 Å². The van der Waals surface area contributed by atoms with Crippen molar-refractivity contribution in [2.45, 2.75) is 24.6 Å². The molecule has 168 valence electrons. The van der Waals surface area contributed by atoms with Crippen LogP contribution in [0.1, 0.15) is 0 Å². The minimum Gasteiger partial charge on any atom is -0.504 e. The molecule has 0 unspecified atom stereocenters. The lowest BCUT2D eigenvalue weighted by atomic mass is 10.0. The Kier molecular flexibility index (Phi) is 4.43. The lowest BCUT2D eigenvalue weighted by molar-refractivity contribution is -0.242. The number of aliphatic hydroxyl groups excluding tert-OH is 3. The maximum atomic E-state index is 12.7. The average molecular weight is 448 g/mol. The molecule has 2 aromatic heterocycles. The number of hydrogen-bond acceptors (Lipinski definition) is 12. The van der Waals surface area contributed by atoms with Gasteiger partial charge >= 0.3 is 11.3 Å². The highest BCUT2D eigenvalue weighted by Gasteiger charge is 2.39. The van der Waals surface area contributed by atoms with Crippen LogP contribution in [0, 0.1) is 0 Å². The van der Waals surface area contributed by atoms with Crippen LogP contribution in [0.3, 0.4) is 0 Å². The monoisotopic (exact) mass is 448 g/mol. The first-order chi connectivity index (χ1) is 15.2. The molecule has 4 atom stereocenters. The first kappa shape index (κ1) is 20.3. The van der Waals surface area contributed by atoms with Crippen LogP contribution >= 0.6 is 0 Å². The maximum Gasteiger partial charge on any atom is 0.344 e. The number of aliphatic hydroxyl groups is 3. The van der Waals surface area contributed by atoms with Crippen molar-refractivity contribution in [3.8, 4) is 23.0 Å². The van der Waals surface area contributed by atoms with Gasteiger partial charge in [0.1, 0.15) is 18.3 Å². The van der Waals surface area contributed by atoms with Gasteiger partial charge in [-0.3, -0.25) is 0 Å². The van der Waals surface area contributed by atoms with Crippen LogP contribution in [0.2, 0.25) is 0 Å². The van der Waals surface area contributed by atoms with Crippen LogP contribution in [-0.4, -0.2) is 63.9 Å². The van der Waals surface area contributed by atoms with E-state index < -0.39 is 58.7 Å². The fourth-order valence-electron chi connectivity index (χ4n) is 3.86. The predicted molar refractivity (Wildman–Crippen MR) is 105 cm³/mol. The van der Waals surface area contributed by atoms with E-state index in [-0.39, 0.29) is 39.5 Å².